The smallest absolute Gasteiger partial charge is 0.0479 e. The first-order valence-electron chi connectivity index (χ1n) is 4.15. The Bertz CT molecular complexity index is 164. The molecule has 0 unspecified atom stereocenters. The van der Waals surface area contributed by atoms with Crippen LogP contribution in [0.15, 0.2) is 0 Å². The molecule has 2 heteroatoms. The maximum Gasteiger partial charge on any atom is 0.0479 e. The molecule has 0 aromatic carbocycles. The lowest BCUT2D eigenvalue weighted by molar-refractivity contribution is -0.369. The molecule has 1 rings (SSSR count). The van der Waals surface area contributed by atoms with Crippen LogP contribution in [0.25, 0.3) is 0 Å². The molecular weight excluding hydrogens is 138 g/mol. The lowest BCUT2D eigenvalue weighted by Crippen LogP contribution is -2.79. The van der Waals surface area contributed by atoms with Crippen LogP contribution in [0.2, 0.25) is 0 Å². The number of rotatable bonds is 0. The van der Waals surface area contributed by atoms with Gasteiger partial charge in [0.2, 0.25) is 0 Å². The van der Waals surface area contributed by atoms with E-state index in [1.807, 2.05) is 0 Å². The Morgan fingerprint density at radius 2 is 1.09 bits per heavy atom. The van der Waals surface area contributed by atoms with E-state index in [0.29, 0.717) is 0 Å². The predicted octanol–water partition coefficient (Wildman–Crippen LogP) is 2.27. The SMILES string of the molecule is CC1(C)N(O)C(C)(C)C1(C)C. The van der Waals surface area contributed by atoms with Crippen molar-refractivity contribution in [1.82, 2.24) is 5.06 Å². The fourth-order valence-corrected chi connectivity index (χ4v) is 1.92. The summed E-state index contributed by atoms with van der Waals surface area (Å²) in [6.07, 6.45) is 0. The summed E-state index contributed by atoms with van der Waals surface area (Å²) in [6.45, 7) is 12.7. The fraction of sp³-hybridized carbons (Fsp3) is 1.00. The highest BCUT2D eigenvalue weighted by molar-refractivity contribution is 5.16. The number of nitrogens with zero attached hydrogens (tertiary/aromatic N) is 1. The zero-order valence-corrected chi connectivity index (χ0v) is 8.39. The van der Waals surface area contributed by atoms with Crippen LogP contribution in [0.1, 0.15) is 41.5 Å². The zero-order chi connectivity index (χ0) is 9.08. The molecule has 0 radical (unpaired) electrons. The average Bonchev–Trinajstić information content (AvgIpc) is 1.84. The molecular formula is C9H19NO. The minimum atomic E-state index is -0.101. The Morgan fingerprint density at radius 1 is 0.818 bits per heavy atom. The first-order chi connectivity index (χ1) is 4.65. The Morgan fingerprint density at radius 3 is 1.18 bits per heavy atom. The minimum Gasteiger partial charge on any atom is -0.313 e. The molecule has 1 fully saturated rings. The molecule has 0 spiro atoms. The maximum atomic E-state index is 9.67. The molecule has 1 aliphatic heterocycles. The Labute approximate surface area is 69.2 Å². The summed E-state index contributed by atoms with van der Waals surface area (Å²) in [6, 6.07) is 0. The Hall–Kier alpha value is -0.0800. The van der Waals surface area contributed by atoms with E-state index in [-0.39, 0.29) is 16.5 Å². The van der Waals surface area contributed by atoms with Gasteiger partial charge in [-0.3, -0.25) is 0 Å². The van der Waals surface area contributed by atoms with E-state index in [1.165, 1.54) is 5.06 Å². The van der Waals surface area contributed by atoms with Crippen LogP contribution in [0.3, 0.4) is 0 Å². The molecule has 0 aromatic rings. The van der Waals surface area contributed by atoms with Gasteiger partial charge in [0, 0.05) is 16.5 Å². The third kappa shape index (κ3) is 0.695. The van der Waals surface area contributed by atoms with E-state index < -0.39 is 0 Å². The van der Waals surface area contributed by atoms with Gasteiger partial charge in [0.1, 0.15) is 0 Å². The molecule has 1 heterocycles. The molecule has 0 saturated carbocycles. The van der Waals surface area contributed by atoms with Gasteiger partial charge in [-0.2, -0.15) is 5.06 Å². The van der Waals surface area contributed by atoms with Gasteiger partial charge in [0.05, 0.1) is 0 Å². The van der Waals surface area contributed by atoms with E-state index in [1.54, 1.807) is 0 Å². The van der Waals surface area contributed by atoms with Gasteiger partial charge in [-0.15, -0.1) is 0 Å². The first-order valence-corrected chi connectivity index (χ1v) is 4.15. The molecule has 1 N–H and O–H groups in total. The molecule has 0 atom stereocenters. The molecule has 0 aliphatic carbocycles. The summed E-state index contributed by atoms with van der Waals surface area (Å²) in [5.41, 5.74) is -0.0399. The molecule has 1 aliphatic rings. The summed E-state index contributed by atoms with van der Waals surface area (Å²) >= 11 is 0. The highest BCUT2D eigenvalue weighted by Crippen LogP contribution is 2.57. The molecule has 1 saturated heterocycles. The van der Waals surface area contributed by atoms with Gasteiger partial charge in [-0.1, -0.05) is 13.8 Å². The van der Waals surface area contributed by atoms with Crippen LogP contribution in [0.5, 0.6) is 0 Å². The van der Waals surface area contributed by atoms with Crippen LogP contribution in [0.4, 0.5) is 0 Å². The van der Waals surface area contributed by atoms with Crippen LogP contribution >= 0.6 is 0 Å². The third-order valence-corrected chi connectivity index (χ3v) is 4.12. The summed E-state index contributed by atoms with van der Waals surface area (Å²) in [7, 11) is 0. The summed E-state index contributed by atoms with van der Waals surface area (Å²) in [5, 5.41) is 11.1. The Balaban J connectivity index is 2.98. The normalized spacial score (nSPS) is 33.0. The summed E-state index contributed by atoms with van der Waals surface area (Å²) < 4.78 is 0. The molecule has 0 amide bonds. The number of hydrogen-bond acceptors (Lipinski definition) is 2. The van der Waals surface area contributed by atoms with Crippen LogP contribution in [-0.2, 0) is 0 Å². The lowest BCUT2D eigenvalue weighted by Gasteiger charge is -2.69. The third-order valence-electron chi connectivity index (χ3n) is 4.12. The van der Waals surface area contributed by atoms with Crippen molar-refractivity contribution in [3.05, 3.63) is 0 Å². The lowest BCUT2D eigenvalue weighted by atomic mass is 9.54. The topological polar surface area (TPSA) is 23.5 Å². The van der Waals surface area contributed by atoms with Gasteiger partial charge < -0.3 is 5.21 Å². The fourth-order valence-electron chi connectivity index (χ4n) is 1.92. The molecule has 66 valence electrons. The van der Waals surface area contributed by atoms with Gasteiger partial charge >= 0.3 is 0 Å². The Kier molecular flexibility index (Phi) is 1.48. The van der Waals surface area contributed by atoms with Gasteiger partial charge in [-0.05, 0) is 27.7 Å². The summed E-state index contributed by atoms with van der Waals surface area (Å²) in [4.78, 5) is 0. The highest BCUT2D eigenvalue weighted by atomic mass is 16.5. The summed E-state index contributed by atoms with van der Waals surface area (Å²) in [5.74, 6) is 0. The van der Waals surface area contributed by atoms with Crippen molar-refractivity contribution in [1.29, 1.82) is 0 Å². The number of hydrogen-bond donors (Lipinski definition) is 1. The standard InChI is InChI=1S/C9H19NO/c1-7(2)8(3,4)10(11)9(7,5)6/h11H,1-6H3. The van der Waals surface area contributed by atoms with Crippen LogP contribution < -0.4 is 0 Å². The van der Waals surface area contributed by atoms with E-state index in [9.17, 15) is 5.21 Å². The highest BCUT2D eigenvalue weighted by Gasteiger charge is 2.65. The van der Waals surface area contributed by atoms with E-state index in [4.69, 9.17) is 0 Å². The monoisotopic (exact) mass is 157 g/mol. The maximum absolute atomic E-state index is 9.67. The van der Waals surface area contributed by atoms with Crippen molar-refractivity contribution in [3.63, 3.8) is 0 Å². The van der Waals surface area contributed by atoms with E-state index >= 15 is 0 Å². The van der Waals surface area contributed by atoms with Gasteiger partial charge in [-0.25, -0.2) is 0 Å². The quantitative estimate of drug-likeness (QED) is 0.583. The second-order valence-corrected chi connectivity index (χ2v) is 5.05. The van der Waals surface area contributed by atoms with Gasteiger partial charge in [0.25, 0.3) is 0 Å². The van der Waals surface area contributed by atoms with Crippen LogP contribution in [-0.4, -0.2) is 21.3 Å². The van der Waals surface area contributed by atoms with E-state index in [0.717, 1.165) is 0 Å². The number of hydroxylamine groups is 2. The first kappa shape index (κ1) is 9.01. The molecule has 0 aromatic heterocycles. The average molecular weight is 157 g/mol. The van der Waals surface area contributed by atoms with Crippen molar-refractivity contribution in [2.24, 2.45) is 5.41 Å². The van der Waals surface area contributed by atoms with Gasteiger partial charge in [0.15, 0.2) is 0 Å². The van der Waals surface area contributed by atoms with Crippen molar-refractivity contribution in [2.45, 2.75) is 52.6 Å². The second kappa shape index (κ2) is 1.80. The van der Waals surface area contributed by atoms with Crippen molar-refractivity contribution in [3.8, 4) is 0 Å². The molecule has 2 nitrogen and oxygen atoms in total. The van der Waals surface area contributed by atoms with Crippen molar-refractivity contribution in [2.75, 3.05) is 0 Å². The van der Waals surface area contributed by atoms with Crippen molar-refractivity contribution < 1.29 is 5.21 Å². The van der Waals surface area contributed by atoms with E-state index in [2.05, 4.69) is 41.5 Å². The largest absolute Gasteiger partial charge is 0.313 e. The van der Waals surface area contributed by atoms with Crippen LogP contribution in [0, 0.1) is 5.41 Å². The van der Waals surface area contributed by atoms with Crippen molar-refractivity contribution >= 4 is 0 Å². The predicted molar refractivity (Wildman–Crippen MR) is 45.6 cm³/mol. The second-order valence-electron chi connectivity index (χ2n) is 5.05. The molecule has 0 bridgehead atoms. The molecule has 11 heavy (non-hydrogen) atoms. The zero-order valence-electron chi connectivity index (χ0n) is 8.39. The minimum absolute atomic E-state index is 0.101.